The zero-order chi connectivity index (χ0) is 14.6. The quantitative estimate of drug-likeness (QED) is 0.881. The minimum absolute atomic E-state index is 0.0396. The normalized spacial score (nSPS) is 16.4. The van der Waals surface area contributed by atoms with Gasteiger partial charge in [0, 0.05) is 6.42 Å². The fraction of sp³-hybridized carbons (Fsp3) is 0.400. The van der Waals surface area contributed by atoms with Gasteiger partial charge in [0.25, 0.3) is 0 Å². The molecule has 1 fully saturated rings. The molecule has 1 aromatic carbocycles. The summed E-state index contributed by atoms with van der Waals surface area (Å²) < 4.78 is 0. The van der Waals surface area contributed by atoms with Crippen LogP contribution in [0.5, 0.6) is 0 Å². The van der Waals surface area contributed by atoms with Gasteiger partial charge in [-0.05, 0) is 25.0 Å². The second kappa shape index (κ2) is 5.74. The predicted octanol–water partition coefficient (Wildman–Crippen LogP) is 2.53. The molecule has 0 heterocycles. The van der Waals surface area contributed by atoms with Crippen molar-refractivity contribution in [1.29, 1.82) is 5.26 Å². The van der Waals surface area contributed by atoms with E-state index in [-0.39, 0.29) is 12.3 Å². The first-order valence-corrected chi connectivity index (χ1v) is 6.60. The first-order valence-electron chi connectivity index (χ1n) is 6.60. The molecule has 2 N–H and O–H groups in total. The monoisotopic (exact) mass is 272 g/mol. The first kappa shape index (κ1) is 14.1. The summed E-state index contributed by atoms with van der Waals surface area (Å²) in [6, 6.07) is 8.68. The van der Waals surface area contributed by atoms with Crippen molar-refractivity contribution in [3.05, 3.63) is 29.8 Å². The van der Waals surface area contributed by atoms with Crippen LogP contribution in [-0.4, -0.2) is 17.0 Å². The average molecular weight is 272 g/mol. The highest BCUT2D eigenvalue weighted by molar-refractivity contribution is 5.95. The van der Waals surface area contributed by atoms with E-state index >= 15 is 0 Å². The fourth-order valence-corrected chi connectivity index (χ4v) is 2.71. The van der Waals surface area contributed by atoms with E-state index in [0.717, 1.165) is 12.8 Å². The van der Waals surface area contributed by atoms with Crippen molar-refractivity contribution in [1.82, 2.24) is 0 Å². The number of benzene rings is 1. The molecule has 5 nitrogen and oxygen atoms in total. The van der Waals surface area contributed by atoms with Crippen LogP contribution < -0.4 is 5.32 Å². The van der Waals surface area contributed by atoms with Crippen molar-refractivity contribution in [3.8, 4) is 6.07 Å². The Morgan fingerprint density at radius 1 is 1.30 bits per heavy atom. The number of hydrogen-bond acceptors (Lipinski definition) is 3. The number of nitrogens with zero attached hydrogens (tertiary/aromatic N) is 1. The minimum Gasteiger partial charge on any atom is -0.481 e. The van der Waals surface area contributed by atoms with Crippen LogP contribution in [0.4, 0.5) is 5.69 Å². The van der Waals surface area contributed by atoms with Crippen molar-refractivity contribution in [2.24, 2.45) is 5.41 Å². The number of hydrogen-bond donors (Lipinski definition) is 2. The van der Waals surface area contributed by atoms with Crippen molar-refractivity contribution < 1.29 is 14.7 Å². The lowest BCUT2D eigenvalue weighted by atomic mass is 9.82. The van der Waals surface area contributed by atoms with Crippen LogP contribution in [-0.2, 0) is 9.59 Å². The maximum atomic E-state index is 12.1. The lowest BCUT2D eigenvalue weighted by Crippen LogP contribution is -2.32. The average Bonchev–Trinajstić information content (AvgIpc) is 2.89. The van der Waals surface area contributed by atoms with E-state index in [1.54, 1.807) is 24.3 Å². The molecule has 0 unspecified atom stereocenters. The van der Waals surface area contributed by atoms with Crippen molar-refractivity contribution in [2.45, 2.75) is 32.1 Å². The number of rotatable bonds is 4. The Balaban J connectivity index is 2.09. The molecular weight excluding hydrogens is 256 g/mol. The molecule has 5 heteroatoms. The van der Waals surface area contributed by atoms with Gasteiger partial charge in [-0.15, -0.1) is 0 Å². The topological polar surface area (TPSA) is 90.2 Å². The SMILES string of the molecule is N#Cc1ccccc1NC(=O)CC1(C(=O)O)CCCC1. The summed E-state index contributed by atoms with van der Waals surface area (Å²) in [5, 5.41) is 20.9. The number of carboxylic acid groups (broad SMARTS) is 1. The Hall–Kier alpha value is -2.35. The number of aliphatic carboxylic acids is 1. The Morgan fingerprint density at radius 2 is 1.95 bits per heavy atom. The van der Waals surface area contributed by atoms with Crippen LogP contribution in [0.25, 0.3) is 0 Å². The molecule has 1 amide bonds. The van der Waals surface area contributed by atoms with Gasteiger partial charge in [0.15, 0.2) is 0 Å². The van der Waals surface area contributed by atoms with Gasteiger partial charge in [0.05, 0.1) is 16.7 Å². The van der Waals surface area contributed by atoms with Crippen LogP contribution in [0.1, 0.15) is 37.7 Å². The molecule has 1 saturated carbocycles. The standard InChI is InChI=1S/C15H16N2O3/c16-10-11-5-1-2-6-12(11)17-13(18)9-15(14(19)20)7-3-4-8-15/h1-2,5-6H,3-4,7-9H2,(H,17,18)(H,19,20). The van der Waals surface area contributed by atoms with E-state index in [2.05, 4.69) is 5.32 Å². The van der Waals surface area contributed by atoms with E-state index in [1.165, 1.54) is 0 Å². The van der Waals surface area contributed by atoms with Gasteiger partial charge in [-0.2, -0.15) is 5.26 Å². The molecular formula is C15H16N2O3. The Morgan fingerprint density at radius 3 is 2.55 bits per heavy atom. The molecule has 0 radical (unpaired) electrons. The highest BCUT2D eigenvalue weighted by atomic mass is 16.4. The second-order valence-corrected chi connectivity index (χ2v) is 5.17. The van der Waals surface area contributed by atoms with E-state index < -0.39 is 11.4 Å². The van der Waals surface area contributed by atoms with Gasteiger partial charge in [-0.1, -0.05) is 25.0 Å². The highest BCUT2D eigenvalue weighted by Crippen LogP contribution is 2.41. The third-order valence-corrected chi connectivity index (χ3v) is 3.83. The molecule has 2 rings (SSSR count). The zero-order valence-corrected chi connectivity index (χ0v) is 11.1. The molecule has 0 aliphatic heterocycles. The Kier molecular flexibility index (Phi) is 4.04. The summed E-state index contributed by atoms with van der Waals surface area (Å²) in [6.45, 7) is 0. The van der Waals surface area contributed by atoms with Gasteiger partial charge < -0.3 is 10.4 Å². The smallest absolute Gasteiger partial charge is 0.310 e. The van der Waals surface area contributed by atoms with Crippen LogP contribution in [0.15, 0.2) is 24.3 Å². The van der Waals surface area contributed by atoms with Gasteiger partial charge in [0.1, 0.15) is 6.07 Å². The number of carbonyl (C=O) groups is 2. The molecule has 1 aromatic rings. The highest BCUT2D eigenvalue weighted by Gasteiger charge is 2.42. The van der Waals surface area contributed by atoms with Crippen LogP contribution in [0.2, 0.25) is 0 Å². The van der Waals surface area contributed by atoms with Gasteiger partial charge in [0.2, 0.25) is 5.91 Å². The third kappa shape index (κ3) is 2.80. The van der Waals surface area contributed by atoms with Gasteiger partial charge in [-0.3, -0.25) is 9.59 Å². The molecule has 0 spiro atoms. The molecule has 0 atom stereocenters. The van der Waals surface area contributed by atoms with E-state index in [4.69, 9.17) is 5.26 Å². The third-order valence-electron chi connectivity index (χ3n) is 3.83. The van der Waals surface area contributed by atoms with Gasteiger partial charge >= 0.3 is 5.97 Å². The molecule has 104 valence electrons. The van der Waals surface area contributed by atoms with E-state index in [0.29, 0.717) is 24.1 Å². The summed E-state index contributed by atoms with van der Waals surface area (Å²) in [7, 11) is 0. The summed E-state index contributed by atoms with van der Waals surface area (Å²) >= 11 is 0. The van der Waals surface area contributed by atoms with Crippen molar-refractivity contribution in [2.75, 3.05) is 5.32 Å². The van der Waals surface area contributed by atoms with Crippen LogP contribution in [0, 0.1) is 16.7 Å². The molecule has 20 heavy (non-hydrogen) atoms. The van der Waals surface area contributed by atoms with Crippen molar-refractivity contribution in [3.63, 3.8) is 0 Å². The lowest BCUT2D eigenvalue weighted by molar-refractivity contribution is -0.150. The summed E-state index contributed by atoms with van der Waals surface area (Å²) in [6.07, 6.45) is 2.72. The summed E-state index contributed by atoms with van der Waals surface area (Å²) in [5.74, 6) is -1.25. The fourth-order valence-electron chi connectivity index (χ4n) is 2.71. The largest absolute Gasteiger partial charge is 0.481 e. The minimum atomic E-state index is -0.939. The number of amides is 1. The van der Waals surface area contributed by atoms with Crippen molar-refractivity contribution >= 4 is 17.6 Å². The molecule has 0 saturated heterocycles. The summed E-state index contributed by atoms with van der Waals surface area (Å²) in [4.78, 5) is 23.5. The number of carbonyl (C=O) groups excluding carboxylic acids is 1. The number of anilines is 1. The number of carboxylic acids is 1. The molecule has 0 bridgehead atoms. The molecule has 1 aliphatic carbocycles. The number of nitrogens with one attached hydrogen (secondary N) is 1. The van der Waals surface area contributed by atoms with Gasteiger partial charge in [-0.25, -0.2) is 0 Å². The first-order chi connectivity index (χ1) is 9.57. The Labute approximate surface area is 117 Å². The predicted molar refractivity (Wildman–Crippen MR) is 72.9 cm³/mol. The van der Waals surface area contributed by atoms with Crippen LogP contribution in [0.3, 0.4) is 0 Å². The van der Waals surface area contributed by atoms with E-state index in [9.17, 15) is 14.7 Å². The number of para-hydroxylation sites is 1. The summed E-state index contributed by atoms with van der Waals surface area (Å²) in [5.41, 5.74) is -0.138. The number of nitriles is 1. The molecule has 1 aliphatic rings. The van der Waals surface area contributed by atoms with Crippen LogP contribution >= 0.6 is 0 Å². The zero-order valence-electron chi connectivity index (χ0n) is 11.1. The lowest BCUT2D eigenvalue weighted by Gasteiger charge is -2.22. The maximum Gasteiger partial charge on any atom is 0.310 e. The van der Waals surface area contributed by atoms with E-state index in [1.807, 2.05) is 6.07 Å². The molecule has 0 aromatic heterocycles. The Bertz CT molecular complexity index is 569. The second-order valence-electron chi connectivity index (χ2n) is 5.17. The maximum absolute atomic E-state index is 12.1.